The predicted octanol–water partition coefficient (Wildman–Crippen LogP) is 3.64. The zero-order valence-electron chi connectivity index (χ0n) is 10.4. The highest BCUT2D eigenvalue weighted by molar-refractivity contribution is 6.30. The van der Waals surface area contributed by atoms with Crippen LogP contribution in [0.5, 0.6) is 0 Å². The number of hydrogen-bond donors (Lipinski definition) is 1. The van der Waals surface area contributed by atoms with Gasteiger partial charge >= 0.3 is 0 Å². The normalized spacial score (nSPS) is 21.9. The quantitative estimate of drug-likeness (QED) is 0.814. The van der Waals surface area contributed by atoms with Gasteiger partial charge in [0, 0.05) is 16.3 Å². The van der Waals surface area contributed by atoms with Gasteiger partial charge in [0.25, 0.3) is 5.91 Å². The Morgan fingerprint density at radius 3 is 3.00 bits per heavy atom. The molecule has 3 nitrogen and oxygen atoms in total. The fourth-order valence-electron chi connectivity index (χ4n) is 2.15. The van der Waals surface area contributed by atoms with E-state index in [1.807, 2.05) is 0 Å². The number of nitrogens with zero attached hydrogens (tertiary/aromatic N) is 1. The van der Waals surface area contributed by atoms with Crippen molar-refractivity contribution in [3.63, 3.8) is 0 Å². The molecule has 18 heavy (non-hydrogen) atoms. The Morgan fingerprint density at radius 1 is 1.44 bits per heavy atom. The highest BCUT2D eigenvalue weighted by Crippen LogP contribution is 2.20. The van der Waals surface area contributed by atoms with Gasteiger partial charge in [-0.25, -0.2) is 5.43 Å². The van der Waals surface area contributed by atoms with E-state index < -0.39 is 0 Å². The molecule has 1 N–H and O–H groups in total. The van der Waals surface area contributed by atoms with Gasteiger partial charge in [-0.05, 0) is 43.4 Å². The standard InChI is InChI=1S/C14H17ClN2O/c1-10-5-2-3-8-13(10)16-17-14(18)11-6-4-7-12(15)9-11/h4,6-7,9-10H,2-3,5,8H2,1H3,(H,17,18). The summed E-state index contributed by atoms with van der Waals surface area (Å²) >= 11 is 5.85. The van der Waals surface area contributed by atoms with Crippen LogP contribution in [0.2, 0.25) is 5.02 Å². The molecule has 2 rings (SSSR count). The molecule has 0 bridgehead atoms. The van der Waals surface area contributed by atoms with Gasteiger partial charge in [0.2, 0.25) is 0 Å². The minimum atomic E-state index is -0.206. The zero-order valence-corrected chi connectivity index (χ0v) is 11.2. The Balaban J connectivity index is 2.01. The highest BCUT2D eigenvalue weighted by atomic mass is 35.5. The summed E-state index contributed by atoms with van der Waals surface area (Å²) in [5.41, 5.74) is 4.25. The maximum Gasteiger partial charge on any atom is 0.271 e. The van der Waals surface area contributed by atoms with Crippen LogP contribution in [0.25, 0.3) is 0 Å². The van der Waals surface area contributed by atoms with Crippen LogP contribution >= 0.6 is 11.6 Å². The summed E-state index contributed by atoms with van der Waals surface area (Å²) in [6.45, 7) is 2.16. The van der Waals surface area contributed by atoms with Crippen molar-refractivity contribution in [1.82, 2.24) is 5.43 Å². The van der Waals surface area contributed by atoms with Crippen molar-refractivity contribution < 1.29 is 4.79 Å². The molecule has 0 aromatic heterocycles. The Labute approximate surface area is 112 Å². The molecule has 1 aliphatic rings. The molecule has 0 saturated heterocycles. The van der Waals surface area contributed by atoms with Crippen LogP contribution in [0.4, 0.5) is 0 Å². The van der Waals surface area contributed by atoms with Crippen LogP contribution in [0.3, 0.4) is 0 Å². The summed E-state index contributed by atoms with van der Waals surface area (Å²) in [6, 6.07) is 6.87. The van der Waals surface area contributed by atoms with Crippen molar-refractivity contribution in [3.05, 3.63) is 34.9 Å². The second-order valence-corrected chi connectivity index (χ2v) is 5.14. The summed E-state index contributed by atoms with van der Waals surface area (Å²) in [7, 11) is 0. The van der Waals surface area contributed by atoms with E-state index in [0.717, 1.165) is 25.0 Å². The lowest BCUT2D eigenvalue weighted by molar-refractivity contribution is 0.0954. The first-order valence-electron chi connectivity index (χ1n) is 6.29. The number of benzene rings is 1. The number of carbonyl (C=O) groups is 1. The van der Waals surface area contributed by atoms with Crippen molar-refractivity contribution in [1.29, 1.82) is 0 Å². The van der Waals surface area contributed by atoms with Crippen LogP contribution in [0, 0.1) is 5.92 Å². The van der Waals surface area contributed by atoms with Gasteiger partial charge in [-0.1, -0.05) is 31.0 Å². The van der Waals surface area contributed by atoms with Gasteiger partial charge in [0.15, 0.2) is 0 Å². The van der Waals surface area contributed by atoms with E-state index in [4.69, 9.17) is 11.6 Å². The molecular weight excluding hydrogens is 248 g/mol. The van der Waals surface area contributed by atoms with E-state index in [1.165, 1.54) is 6.42 Å². The molecule has 1 fully saturated rings. The maximum atomic E-state index is 11.9. The minimum absolute atomic E-state index is 0.206. The average molecular weight is 265 g/mol. The number of nitrogens with one attached hydrogen (secondary N) is 1. The zero-order chi connectivity index (χ0) is 13.0. The third-order valence-electron chi connectivity index (χ3n) is 3.28. The predicted molar refractivity (Wildman–Crippen MR) is 74.0 cm³/mol. The van der Waals surface area contributed by atoms with Gasteiger partial charge < -0.3 is 0 Å². The molecule has 1 saturated carbocycles. The van der Waals surface area contributed by atoms with Crippen LogP contribution < -0.4 is 5.43 Å². The van der Waals surface area contributed by atoms with E-state index in [-0.39, 0.29) is 5.91 Å². The molecule has 1 amide bonds. The fourth-order valence-corrected chi connectivity index (χ4v) is 2.34. The van der Waals surface area contributed by atoms with E-state index in [9.17, 15) is 4.79 Å². The summed E-state index contributed by atoms with van der Waals surface area (Å²) in [5.74, 6) is 0.265. The molecule has 4 heteroatoms. The number of hydrazone groups is 1. The Morgan fingerprint density at radius 2 is 2.28 bits per heavy atom. The van der Waals surface area contributed by atoms with Crippen LogP contribution in [-0.2, 0) is 0 Å². The van der Waals surface area contributed by atoms with Gasteiger partial charge in [0.1, 0.15) is 0 Å². The van der Waals surface area contributed by atoms with Gasteiger partial charge in [-0.3, -0.25) is 4.79 Å². The molecule has 1 aliphatic carbocycles. The summed E-state index contributed by atoms with van der Waals surface area (Å²) < 4.78 is 0. The molecule has 0 aliphatic heterocycles. The Hall–Kier alpha value is -1.35. The number of rotatable bonds is 2. The summed E-state index contributed by atoms with van der Waals surface area (Å²) in [6.07, 6.45) is 4.56. The summed E-state index contributed by atoms with van der Waals surface area (Å²) in [5, 5.41) is 4.80. The lowest BCUT2D eigenvalue weighted by Crippen LogP contribution is -2.24. The average Bonchev–Trinajstić information content (AvgIpc) is 2.37. The molecular formula is C14H17ClN2O. The molecule has 0 radical (unpaired) electrons. The third-order valence-corrected chi connectivity index (χ3v) is 3.51. The second kappa shape index (κ2) is 6.01. The molecule has 1 atom stereocenters. The minimum Gasteiger partial charge on any atom is -0.267 e. The number of amides is 1. The maximum absolute atomic E-state index is 11.9. The summed E-state index contributed by atoms with van der Waals surface area (Å²) in [4.78, 5) is 11.9. The monoisotopic (exact) mass is 264 g/mol. The SMILES string of the molecule is CC1CCCCC1=NNC(=O)c1cccc(Cl)c1. The smallest absolute Gasteiger partial charge is 0.267 e. The van der Waals surface area contributed by atoms with Crippen molar-refractivity contribution in [2.45, 2.75) is 32.6 Å². The van der Waals surface area contributed by atoms with Gasteiger partial charge in [0.05, 0.1) is 0 Å². The fraction of sp³-hybridized carbons (Fsp3) is 0.429. The van der Waals surface area contributed by atoms with Crippen LogP contribution in [-0.4, -0.2) is 11.6 Å². The third kappa shape index (κ3) is 3.33. The van der Waals surface area contributed by atoms with E-state index in [2.05, 4.69) is 17.5 Å². The van der Waals surface area contributed by atoms with Gasteiger partial charge in [-0.15, -0.1) is 0 Å². The van der Waals surface area contributed by atoms with Crippen molar-refractivity contribution in [3.8, 4) is 0 Å². The van der Waals surface area contributed by atoms with Gasteiger partial charge in [-0.2, -0.15) is 5.10 Å². The first kappa shape index (κ1) is 13.1. The molecule has 1 unspecified atom stereocenters. The first-order chi connectivity index (χ1) is 8.66. The van der Waals surface area contributed by atoms with Crippen molar-refractivity contribution >= 4 is 23.2 Å². The highest BCUT2D eigenvalue weighted by Gasteiger charge is 2.16. The second-order valence-electron chi connectivity index (χ2n) is 4.70. The van der Waals surface area contributed by atoms with Crippen LogP contribution in [0.1, 0.15) is 43.0 Å². The van der Waals surface area contributed by atoms with Crippen LogP contribution in [0.15, 0.2) is 29.4 Å². The lowest BCUT2D eigenvalue weighted by Gasteiger charge is -2.19. The number of hydrogen-bond acceptors (Lipinski definition) is 2. The molecule has 0 spiro atoms. The van der Waals surface area contributed by atoms with Crippen molar-refractivity contribution in [2.24, 2.45) is 11.0 Å². The molecule has 0 heterocycles. The topological polar surface area (TPSA) is 41.5 Å². The van der Waals surface area contributed by atoms with E-state index in [1.54, 1.807) is 24.3 Å². The Bertz CT molecular complexity index is 471. The molecule has 1 aromatic rings. The number of carbonyl (C=O) groups excluding carboxylic acids is 1. The van der Waals surface area contributed by atoms with E-state index in [0.29, 0.717) is 16.5 Å². The molecule has 96 valence electrons. The van der Waals surface area contributed by atoms with E-state index >= 15 is 0 Å². The van der Waals surface area contributed by atoms with Crippen molar-refractivity contribution in [2.75, 3.05) is 0 Å². The lowest BCUT2D eigenvalue weighted by atomic mass is 9.89. The largest absolute Gasteiger partial charge is 0.271 e. The Kier molecular flexibility index (Phi) is 4.37. The first-order valence-corrected chi connectivity index (χ1v) is 6.67. The molecule has 1 aromatic carbocycles. The number of halogens is 1.